The summed E-state index contributed by atoms with van der Waals surface area (Å²) in [7, 11) is 1.59. The van der Waals surface area contributed by atoms with E-state index in [0.717, 1.165) is 16.5 Å². The van der Waals surface area contributed by atoms with Gasteiger partial charge in [0, 0.05) is 17.4 Å². The summed E-state index contributed by atoms with van der Waals surface area (Å²) in [6, 6.07) is 13.4. The first kappa shape index (κ1) is 14.1. The molecule has 4 nitrogen and oxygen atoms in total. The van der Waals surface area contributed by atoms with Crippen LogP contribution in [0.4, 0.5) is 4.39 Å². The number of aromatic amines is 1. The fourth-order valence-electron chi connectivity index (χ4n) is 2.31. The number of halogens is 1. The van der Waals surface area contributed by atoms with Crippen LogP contribution in [0.5, 0.6) is 5.75 Å². The van der Waals surface area contributed by atoms with Gasteiger partial charge in [-0.05, 0) is 35.9 Å². The van der Waals surface area contributed by atoms with Crippen LogP contribution >= 0.6 is 0 Å². The van der Waals surface area contributed by atoms with Gasteiger partial charge in [-0.1, -0.05) is 18.2 Å². The predicted octanol–water partition coefficient (Wildman–Crippen LogP) is 3.25. The standard InChI is InChI=1S/C17H15FN2O2/c1-22-16-4-2-3-14-13(16)9-15(20-14)17(21)19-10-11-5-7-12(18)8-6-11/h2-9,20H,10H2,1H3,(H,19,21). The molecule has 0 atom stereocenters. The summed E-state index contributed by atoms with van der Waals surface area (Å²) in [5, 5.41) is 3.66. The number of hydrogen-bond acceptors (Lipinski definition) is 2. The van der Waals surface area contributed by atoms with Gasteiger partial charge in [0.25, 0.3) is 5.91 Å². The summed E-state index contributed by atoms with van der Waals surface area (Å²) >= 11 is 0. The largest absolute Gasteiger partial charge is 0.496 e. The Morgan fingerprint density at radius 3 is 2.73 bits per heavy atom. The Kier molecular flexibility index (Phi) is 3.78. The summed E-state index contributed by atoms with van der Waals surface area (Å²) in [6.45, 7) is 0.339. The van der Waals surface area contributed by atoms with E-state index in [-0.39, 0.29) is 11.7 Å². The lowest BCUT2D eigenvalue weighted by Gasteiger charge is -2.03. The topological polar surface area (TPSA) is 54.1 Å². The summed E-state index contributed by atoms with van der Waals surface area (Å²) in [5.74, 6) is 0.201. The molecule has 1 heterocycles. The zero-order valence-electron chi connectivity index (χ0n) is 12.0. The van der Waals surface area contributed by atoms with Crippen molar-refractivity contribution in [3.63, 3.8) is 0 Å². The van der Waals surface area contributed by atoms with Crippen LogP contribution in [0.2, 0.25) is 0 Å². The number of carbonyl (C=O) groups is 1. The number of methoxy groups -OCH3 is 1. The van der Waals surface area contributed by atoms with Gasteiger partial charge in [-0.3, -0.25) is 4.79 Å². The van der Waals surface area contributed by atoms with Crippen LogP contribution in [0.3, 0.4) is 0 Å². The third kappa shape index (κ3) is 2.79. The average Bonchev–Trinajstić information content (AvgIpc) is 2.98. The maximum Gasteiger partial charge on any atom is 0.267 e. The summed E-state index contributed by atoms with van der Waals surface area (Å²) < 4.78 is 18.1. The van der Waals surface area contributed by atoms with Crippen molar-refractivity contribution in [2.24, 2.45) is 0 Å². The Morgan fingerprint density at radius 2 is 2.00 bits per heavy atom. The van der Waals surface area contributed by atoms with E-state index < -0.39 is 0 Å². The molecule has 1 amide bonds. The molecule has 0 spiro atoms. The number of H-pyrrole nitrogens is 1. The van der Waals surface area contributed by atoms with Crippen molar-refractivity contribution in [2.75, 3.05) is 7.11 Å². The van der Waals surface area contributed by atoms with E-state index in [4.69, 9.17) is 4.74 Å². The van der Waals surface area contributed by atoms with Crippen molar-refractivity contribution in [3.8, 4) is 5.75 Å². The lowest BCUT2D eigenvalue weighted by atomic mass is 10.2. The van der Waals surface area contributed by atoms with Gasteiger partial charge < -0.3 is 15.0 Å². The smallest absolute Gasteiger partial charge is 0.267 e. The Hall–Kier alpha value is -2.82. The highest BCUT2D eigenvalue weighted by Crippen LogP contribution is 2.25. The maximum atomic E-state index is 12.8. The van der Waals surface area contributed by atoms with E-state index in [2.05, 4.69) is 10.3 Å². The number of fused-ring (bicyclic) bond motifs is 1. The van der Waals surface area contributed by atoms with E-state index in [1.165, 1.54) is 12.1 Å². The van der Waals surface area contributed by atoms with Crippen LogP contribution < -0.4 is 10.1 Å². The Labute approximate surface area is 126 Å². The minimum atomic E-state index is -0.294. The van der Waals surface area contributed by atoms with Gasteiger partial charge in [-0.15, -0.1) is 0 Å². The quantitative estimate of drug-likeness (QED) is 0.777. The summed E-state index contributed by atoms with van der Waals surface area (Å²) in [4.78, 5) is 15.3. The second kappa shape index (κ2) is 5.89. The molecule has 0 aliphatic carbocycles. The van der Waals surface area contributed by atoms with Gasteiger partial charge in [0.1, 0.15) is 17.3 Å². The van der Waals surface area contributed by atoms with E-state index >= 15 is 0 Å². The van der Waals surface area contributed by atoms with Crippen molar-refractivity contribution in [1.82, 2.24) is 10.3 Å². The number of amides is 1. The number of nitrogens with one attached hydrogen (secondary N) is 2. The van der Waals surface area contributed by atoms with Crippen molar-refractivity contribution in [2.45, 2.75) is 6.54 Å². The van der Waals surface area contributed by atoms with Crippen LogP contribution in [0, 0.1) is 5.82 Å². The number of ether oxygens (including phenoxy) is 1. The summed E-state index contributed by atoms with van der Waals surface area (Å²) in [5.41, 5.74) is 2.14. The summed E-state index contributed by atoms with van der Waals surface area (Å²) in [6.07, 6.45) is 0. The van der Waals surface area contributed by atoms with Gasteiger partial charge in [0.15, 0.2) is 0 Å². The minimum Gasteiger partial charge on any atom is -0.496 e. The molecule has 5 heteroatoms. The van der Waals surface area contributed by atoms with Crippen LogP contribution in [0.25, 0.3) is 10.9 Å². The number of carbonyl (C=O) groups excluding carboxylic acids is 1. The van der Waals surface area contributed by atoms with Gasteiger partial charge in [-0.25, -0.2) is 4.39 Å². The molecule has 0 bridgehead atoms. The minimum absolute atomic E-state index is 0.220. The second-order valence-electron chi connectivity index (χ2n) is 4.91. The Balaban J connectivity index is 1.76. The highest BCUT2D eigenvalue weighted by atomic mass is 19.1. The van der Waals surface area contributed by atoms with Crippen molar-refractivity contribution in [1.29, 1.82) is 0 Å². The van der Waals surface area contributed by atoms with E-state index in [1.807, 2.05) is 18.2 Å². The molecule has 0 unspecified atom stereocenters. The molecule has 0 saturated carbocycles. The Bertz CT molecular complexity index is 809. The van der Waals surface area contributed by atoms with Crippen LogP contribution in [0.1, 0.15) is 16.1 Å². The molecule has 2 aromatic carbocycles. The average molecular weight is 298 g/mol. The van der Waals surface area contributed by atoms with Gasteiger partial charge in [0.2, 0.25) is 0 Å². The maximum absolute atomic E-state index is 12.8. The van der Waals surface area contributed by atoms with Crippen LogP contribution in [-0.2, 0) is 6.54 Å². The highest BCUT2D eigenvalue weighted by molar-refractivity contribution is 5.99. The molecule has 22 heavy (non-hydrogen) atoms. The van der Waals surface area contributed by atoms with E-state index in [9.17, 15) is 9.18 Å². The van der Waals surface area contributed by atoms with Crippen molar-refractivity contribution < 1.29 is 13.9 Å². The number of benzene rings is 2. The second-order valence-corrected chi connectivity index (χ2v) is 4.91. The van der Waals surface area contributed by atoms with E-state index in [0.29, 0.717) is 18.0 Å². The third-order valence-corrected chi connectivity index (χ3v) is 3.45. The molecule has 1 aromatic heterocycles. The van der Waals surface area contributed by atoms with Gasteiger partial charge in [0.05, 0.1) is 7.11 Å². The molecule has 3 rings (SSSR count). The lowest BCUT2D eigenvalue weighted by Crippen LogP contribution is -2.23. The van der Waals surface area contributed by atoms with Crippen LogP contribution in [-0.4, -0.2) is 18.0 Å². The molecule has 0 saturated heterocycles. The molecular weight excluding hydrogens is 283 g/mol. The zero-order valence-corrected chi connectivity index (χ0v) is 12.0. The molecule has 0 aliphatic heterocycles. The molecule has 112 valence electrons. The first-order chi connectivity index (χ1) is 10.7. The van der Waals surface area contributed by atoms with Crippen LogP contribution in [0.15, 0.2) is 48.5 Å². The SMILES string of the molecule is COc1cccc2[nH]c(C(=O)NCc3ccc(F)cc3)cc12. The monoisotopic (exact) mass is 298 g/mol. The molecule has 0 fully saturated rings. The molecule has 2 N–H and O–H groups in total. The molecular formula is C17H15FN2O2. The third-order valence-electron chi connectivity index (χ3n) is 3.45. The molecule has 3 aromatic rings. The number of hydrogen-bond donors (Lipinski definition) is 2. The first-order valence-electron chi connectivity index (χ1n) is 6.86. The Morgan fingerprint density at radius 1 is 1.23 bits per heavy atom. The van der Waals surface area contributed by atoms with Crippen molar-refractivity contribution >= 4 is 16.8 Å². The first-order valence-corrected chi connectivity index (χ1v) is 6.86. The van der Waals surface area contributed by atoms with Gasteiger partial charge >= 0.3 is 0 Å². The lowest BCUT2D eigenvalue weighted by molar-refractivity contribution is 0.0947. The fraction of sp³-hybridized carbons (Fsp3) is 0.118. The molecule has 0 aliphatic rings. The number of aromatic nitrogens is 1. The normalized spacial score (nSPS) is 10.6. The zero-order chi connectivity index (χ0) is 15.5. The van der Waals surface area contributed by atoms with E-state index in [1.54, 1.807) is 25.3 Å². The molecule has 0 radical (unpaired) electrons. The van der Waals surface area contributed by atoms with Gasteiger partial charge in [-0.2, -0.15) is 0 Å². The highest BCUT2D eigenvalue weighted by Gasteiger charge is 2.11. The predicted molar refractivity (Wildman–Crippen MR) is 82.4 cm³/mol. The number of rotatable bonds is 4. The fourth-order valence-corrected chi connectivity index (χ4v) is 2.31. The van der Waals surface area contributed by atoms with Crippen molar-refractivity contribution in [3.05, 3.63) is 65.6 Å².